The van der Waals surface area contributed by atoms with E-state index in [1.807, 2.05) is 12.4 Å². The van der Waals surface area contributed by atoms with E-state index in [2.05, 4.69) is 29.0 Å². The van der Waals surface area contributed by atoms with E-state index < -0.39 is 0 Å². The van der Waals surface area contributed by atoms with Crippen molar-refractivity contribution in [3.05, 3.63) is 41.2 Å². The van der Waals surface area contributed by atoms with Crippen LogP contribution in [0.2, 0.25) is 0 Å². The molecule has 2 rings (SSSR count). The average molecular weight is 279 g/mol. The Kier molecular flexibility index (Phi) is 4.37. The first kappa shape index (κ1) is 13.8. The number of hydrogen-bond donors (Lipinski definition) is 1. The van der Waals surface area contributed by atoms with Gasteiger partial charge in [-0.1, -0.05) is 0 Å². The molecule has 1 aromatic heterocycles. The molecule has 1 heterocycles. The second-order valence-electron chi connectivity index (χ2n) is 4.69. The second-order valence-corrected chi connectivity index (χ2v) is 5.52. The van der Waals surface area contributed by atoms with Crippen molar-refractivity contribution in [2.45, 2.75) is 26.4 Å². The van der Waals surface area contributed by atoms with E-state index >= 15 is 0 Å². The number of aromatic nitrogens is 1. The summed E-state index contributed by atoms with van der Waals surface area (Å²) in [5.41, 5.74) is 1.89. The number of anilines is 2. The molecule has 0 radical (unpaired) electrons. The van der Waals surface area contributed by atoms with Crippen LogP contribution in [0.1, 0.15) is 19.5 Å². The SMILES string of the molecule is CC(C)N(C)c1nc(CNc2ccc(F)cc2)cs1. The molecule has 1 aromatic carbocycles. The molecular formula is C14H18FN3S. The summed E-state index contributed by atoms with van der Waals surface area (Å²) in [6.45, 7) is 4.92. The molecule has 0 amide bonds. The zero-order chi connectivity index (χ0) is 13.8. The van der Waals surface area contributed by atoms with Crippen LogP contribution in [-0.2, 0) is 6.54 Å². The van der Waals surface area contributed by atoms with Crippen LogP contribution in [0.25, 0.3) is 0 Å². The second kappa shape index (κ2) is 6.02. The van der Waals surface area contributed by atoms with E-state index in [1.54, 1.807) is 23.5 Å². The molecule has 0 aliphatic carbocycles. The number of thiazole rings is 1. The van der Waals surface area contributed by atoms with Crippen molar-refractivity contribution in [1.82, 2.24) is 4.98 Å². The van der Waals surface area contributed by atoms with Gasteiger partial charge in [-0.05, 0) is 38.1 Å². The summed E-state index contributed by atoms with van der Waals surface area (Å²) in [7, 11) is 2.04. The number of hydrogen-bond acceptors (Lipinski definition) is 4. The quantitative estimate of drug-likeness (QED) is 0.903. The third-order valence-corrected chi connectivity index (χ3v) is 3.91. The predicted molar refractivity (Wildman–Crippen MR) is 79.4 cm³/mol. The van der Waals surface area contributed by atoms with Crippen molar-refractivity contribution in [3.63, 3.8) is 0 Å². The predicted octanol–water partition coefficient (Wildman–Crippen LogP) is 3.74. The average Bonchev–Trinajstić information content (AvgIpc) is 2.86. The van der Waals surface area contributed by atoms with E-state index in [9.17, 15) is 4.39 Å². The fraction of sp³-hybridized carbons (Fsp3) is 0.357. The zero-order valence-electron chi connectivity index (χ0n) is 11.4. The monoisotopic (exact) mass is 279 g/mol. The molecule has 3 nitrogen and oxygen atoms in total. The molecule has 2 aromatic rings. The lowest BCUT2D eigenvalue weighted by Crippen LogP contribution is -2.25. The fourth-order valence-corrected chi connectivity index (χ4v) is 2.45. The Morgan fingerprint density at radius 1 is 1.32 bits per heavy atom. The van der Waals surface area contributed by atoms with Gasteiger partial charge in [-0.3, -0.25) is 0 Å². The highest BCUT2D eigenvalue weighted by molar-refractivity contribution is 7.13. The molecule has 0 aliphatic heterocycles. The smallest absolute Gasteiger partial charge is 0.185 e. The maximum absolute atomic E-state index is 12.8. The first-order valence-corrected chi connectivity index (χ1v) is 7.11. The van der Waals surface area contributed by atoms with Crippen molar-refractivity contribution >= 4 is 22.2 Å². The van der Waals surface area contributed by atoms with E-state index in [0.717, 1.165) is 16.5 Å². The molecule has 0 atom stereocenters. The van der Waals surface area contributed by atoms with E-state index in [-0.39, 0.29) is 5.82 Å². The van der Waals surface area contributed by atoms with Crippen molar-refractivity contribution in [3.8, 4) is 0 Å². The van der Waals surface area contributed by atoms with Crippen LogP contribution in [0, 0.1) is 5.82 Å². The Morgan fingerprint density at radius 3 is 2.63 bits per heavy atom. The molecule has 0 unspecified atom stereocenters. The Bertz CT molecular complexity index is 522. The number of benzene rings is 1. The summed E-state index contributed by atoms with van der Waals surface area (Å²) in [5.74, 6) is -0.222. The van der Waals surface area contributed by atoms with Gasteiger partial charge in [-0.15, -0.1) is 11.3 Å². The molecule has 0 aliphatic rings. The number of rotatable bonds is 5. The minimum Gasteiger partial charge on any atom is -0.379 e. The van der Waals surface area contributed by atoms with Crippen LogP contribution >= 0.6 is 11.3 Å². The van der Waals surface area contributed by atoms with Gasteiger partial charge in [0.2, 0.25) is 0 Å². The van der Waals surface area contributed by atoms with Gasteiger partial charge >= 0.3 is 0 Å². The molecule has 0 saturated carbocycles. The van der Waals surface area contributed by atoms with Crippen molar-refractivity contribution < 1.29 is 4.39 Å². The van der Waals surface area contributed by atoms with Crippen LogP contribution < -0.4 is 10.2 Å². The third kappa shape index (κ3) is 3.67. The molecule has 102 valence electrons. The molecule has 0 saturated heterocycles. The van der Waals surface area contributed by atoms with Gasteiger partial charge in [0.25, 0.3) is 0 Å². The van der Waals surface area contributed by atoms with Gasteiger partial charge in [-0.2, -0.15) is 0 Å². The third-order valence-electron chi connectivity index (χ3n) is 2.93. The van der Waals surface area contributed by atoms with Gasteiger partial charge in [-0.25, -0.2) is 9.37 Å². The lowest BCUT2D eigenvalue weighted by molar-refractivity contribution is 0.628. The van der Waals surface area contributed by atoms with Crippen molar-refractivity contribution in [1.29, 1.82) is 0 Å². The molecular weight excluding hydrogens is 261 g/mol. The van der Waals surface area contributed by atoms with Crippen molar-refractivity contribution in [2.24, 2.45) is 0 Å². The van der Waals surface area contributed by atoms with Gasteiger partial charge in [0, 0.05) is 24.2 Å². The normalized spacial score (nSPS) is 10.8. The van der Waals surface area contributed by atoms with Gasteiger partial charge in [0.1, 0.15) is 5.82 Å². The minimum atomic E-state index is -0.222. The van der Waals surface area contributed by atoms with Gasteiger partial charge in [0.15, 0.2) is 5.13 Å². The Morgan fingerprint density at radius 2 is 2.00 bits per heavy atom. The molecule has 5 heteroatoms. The molecule has 1 N–H and O–H groups in total. The van der Waals surface area contributed by atoms with Crippen molar-refractivity contribution in [2.75, 3.05) is 17.3 Å². The first-order valence-electron chi connectivity index (χ1n) is 6.23. The summed E-state index contributed by atoms with van der Waals surface area (Å²) < 4.78 is 12.8. The summed E-state index contributed by atoms with van der Waals surface area (Å²) in [4.78, 5) is 6.72. The number of nitrogens with one attached hydrogen (secondary N) is 1. The lowest BCUT2D eigenvalue weighted by atomic mass is 10.3. The lowest BCUT2D eigenvalue weighted by Gasteiger charge is -2.19. The standard InChI is InChI=1S/C14H18FN3S/c1-10(2)18(3)14-17-13(9-19-14)8-16-12-6-4-11(15)5-7-12/h4-7,9-10,16H,8H2,1-3H3. The van der Waals surface area contributed by atoms with E-state index in [0.29, 0.717) is 12.6 Å². The summed E-state index contributed by atoms with van der Waals surface area (Å²) >= 11 is 1.64. The number of halogens is 1. The van der Waals surface area contributed by atoms with Crippen LogP contribution in [0.3, 0.4) is 0 Å². The molecule has 0 spiro atoms. The molecule has 19 heavy (non-hydrogen) atoms. The van der Waals surface area contributed by atoms with Crippen LogP contribution in [0.5, 0.6) is 0 Å². The highest BCUT2D eigenvalue weighted by Crippen LogP contribution is 2.21. The maximum atomic E-state index is 12.8. The van der Waals surface area contributed by atoms with E-state index in [1.165, 1.54) is 12.1 Å². The fourth-order valence-electron chi connectivity index (χ4n) is 1.52. The number of nitrogens with zero attached hydrogens (tertiary/aromatic N) is 2. The topological polar surface area (TPSA) is 28.2 Å². The minimum absolute atomic E-state index is 0.222. The first-order chi connectivity index (χ1) is 9.06. The largest absolute Gasteiger partial charge is 0.379 e. The molecule has 0 fully saturated rings. The molecule has 0 bridgehead atoms. The summed E-state index contributed by atoms with van der Waals surface area (Å²) in [6, 6.07) is 6.78. The van der Waals surface area contributed by atoms with Gasteiger partial charge < -0.3 is 10.2 Å². The maximum Gasteiger partial charge on any atom is 0.185 e. The Balaban J connectivity index is 1.95. The highest BCUT2D eigenvalue weighted by atomic mass is 32.1. The van der Waals surface area contributed by atoms with E-state index in [4.69, 9.17) is 0 Å². The zero-order valence-corrected chi connectivity index (χ0v) is 12.2. The Labute approximate surface area is 117 Å². The van der Waals surface area contributed by atoms with Crippen LogP contribution in [0.4, 0.5) is 15.2 Å². The van der Waals surface area contributed by atoms with Crippen LogP contribution in [-0.4, -0.2) is 18.1 Å². The summed E-state index contributed by atoms with van der Waals surface area (Å²) in [5, 5.41) is 6.29. The Hall–Kier alpha value is -1.62. The summed E-state index contributed by atoms with van der Waals surface area (Å²) in [6.07, 6.45) is 0. The van der Waals surface area contributed by atoms with Crippen LogP contribution in [0.15, 0.2) is 29.6 Å². The van der Waals surface area contributed by atoms with Gasteiger partial charge in [0.05, 0.1) is 12.2 Å². The highest BCUT2D eigenvalue weighted by Gasteiger charge is 2.09.